The molecule has 0 saturated carbocycles. The first-order valence-electron chi connectivity index (χ1n) is 4.87. The van der Waals surface area contributed by atoms with Gasteiger partial charge in [-0.2, -0.15) is 11.8 Å². The number of hydrogen-bond acceptors (Lipinski definition) is 3. The molecule has 1 atom stereocenters. The van der Waals surface area contributed by atoms with Crippen LogP contribution in [0.5, 0.6) is 0 Å². The van der Waals surface area contributed by atoms with Crippen LogP contribution in [0.1, 0.15) is 6.92 Å². The Bertz CT molecular complexity index is 190. The summed E-state index contributed by atoms with van der Waals surface area (Å²) in [5, 5.41) is 4.75. The highest BCUT2D eigenvalue weighted by atomic mass is 32.2. The highest BCUT2D eigenvalue weighted by molar-refractivity contribution is 8.00. The molecule has 1 saturated heterocycles. The Balaban J connectivity index is 2.22. The van der Waals surface area contributed by atoms with E-state index in [1.54, 1.807) is 7.11 Å². The Labute approximate surface area is 95.6 Å². The highest BCUT2D eigenvalue weighted by Gasteiger charge is 2.18. The van der Waals surface area contributed by atoms with E-state index in [2.05, 4.69) is 17.1 Å². The minimum atomic E-state index is 0.686. The third kappa shape index (κ3) is 4.02. The van der Waals surface area contributed by atoms with Crippen LogP contribution >= 0.6 is 24.0 Å². The van der Waals surface area contributed by atoms with Gasteiger partial charge in [-0.15, -0.1) is 0 Å². The molecule has 0 aromatic carbocycles. The summed E-state index contributed by atoms with van der Waals surface area (Å²) in [7, 11) is 1.70. The summed E-state index contributed by atoms with van der Waals surface area (Å²) in [6, 6.07) is 0. The van der Waals surface area contributed by atoms with Crippen LogP contribution in [0.25, 0.3) is 0 Å². The number of thiocarbonyl (C=S) groups is 1. The summed E-state index contributed by atoms with van der Waals surface area (Å²) in [5.74, 6) is 1.17. The first kappa shape index (κ1) is 12.1. The molecule has 1 unspecified atom stereocenters. The maximum Gasteiger partial charge on any atom is 0.169 e. The number of methoxy groups -OCH3 is 1. The Morgan fingerprint density at radius 2 is 2.50 bits per heavy atom. The monoisotopic (exact) mass is 234 g/mol. The molecule has 1 heterocycles. The van der Waals surface area contributed by atoms with E-state index < -0.39 is 0 Å². The minimum absolute atomic E-state index is 0.686. The molecule has 1 N–H and O–H groups in total. The topological polar surface area (TPSA) is 24.5 Å². The fourth-order valence-electron chi connectivity index (χ4n) is 1.37. The summed E-state index contributed by atoms with van der Waals surface area (Å²) in [6.07, 6.45) is 0. The number of nitrogens with zero attached hydrogens (tertiary/aromatic N) is 1. The summed E-state index contributed by atoms with van der Waals surface area (Å²) in [4.78, 5) is 2.24. The lowest BCUT2D eigenvalue weighted by Gasteiger charge is -2.32. The first-order chi connectivity index (χ1) is 6.74. The van der Waals surface area contributed by atoms with Crippen molar-refractivity contribution in [2.75, 3.05) is 39.1 Å². The average molecular weight is 234 g/mol. The van der Waals surface area contributed by atoms with Gasteiger partial charge in [0, 0.05) is 37.7 Å². The lowest BCUT2D eigenvalue weighted by Crippen LogP contribution is -2.46. The molecule has 1 rings (SSSR count). The van der Waals surface area contributed by atoms with Crippen LogP contribution in [0, 0.1) is 0 Å². The van der Waals surface area contributed by atoms with Crippen LogP contribution in [0.15, 0.2) is 0 Å². The molecule has 0 amide bonds. The summed E-state index contributed by atoms with van der Waals surface area (Å²) in [6.45, 7) is 5.87. The molecule has 0 bridgehead atoms. The van der Waals surface area contributed by atoms with E-state index in [0.29, 0.717) is 11.9 Å². The van der Waals surface area contributed by atoms with Gasteiger partial charge in [-0.05, 0) is 12.2 Å². The zero-order valence-corrected chi connectivity index (χ0v) is 10.4. The Kier molecular flexibility index (Phi) is 5.59. The van der Waals surface area contributed by atoms with E-state index in [1.165, 1.54) is 5.75 Å². The van der Waals surface area contributed by atoms with Crippen LogP contribution in [0.4, 0.5) is 0 Å². The van der Waals surface area contributed by atoms with Gasteiger partial charge in [0.2, 0.25) is 0 Å². The molecule has 5 heteroatoms. The van der Waals surface area contributed by atoms with Crippen molar-refractivity contribution in [3.05, 3.63) is 0 Å². The smallest absolute Gasteiger partial charge is 0.169 e. The van der Waals surface area contributed by atoms with Gasteiger partial charge in [-0.3, -0.25) is 0 Å². The molecule has 1 aliphatic rings. The predicted molar refractivity (Wildman–Crippen MR) is 66.0 cm³/mol. The maximum atomic E-state index is 5.29. The molecule has 0 aliphatic carbocycles. The maximum absolute atomic E-state index is 5.29. The van der Waals surface area contributed by atoms with E-state index in [4.69, 9.17) is 17.0 Å². The quantitative estimate of drug-likeness (QED) is 0.579. The third-order valence-corrected chi connectivity index (χ3v) is 3.65. The summed E-state index contributed by atoms with van der Waals surface area (Å²) < 4.78 is 4.96. The van der Waals surface area contributed by atoms with Gasteiger partial charge in [0.25, 0.3) is 0 Å². The van der Waals surface area contributed by atoms with E-state index >= 15 is 0 Å². The molecule has 0 aromatic heterocycles. The van der Waals surface area contributed by atoms with Crippen molar-refractivity contribution in [2.45, 2.75) is 12.2 Å². The second-order valence-corrected chi connectivity index (χ2v) is 5.29. The minimum Gasteiger partial charge on any atom is -0.383 e. The zero-order chi connectivity index (χ0) is 10.4. The standard InChI is InChI=1S/C9H18N2OS2/c1-8-7-11(4-6-14-8)9(13)10-3-5-12-2/h8H,3-7H2,1-2H3,(H,10,13). The number of rotatable bonds is 3. The largest absolute Gasteiger partial charge is 0.383 e. The van der Waals surface area contributed by atoms with E-state index in [9.17, 15) is 0 Å². The van der Waals surface area contributed by atoms with Gasteiger partial charge in [0.1, 0.15) is 0 Å². The predicted octanol–water partition coefficient (Wildman–Crippen LogP) is 0.945. The van der Waals surface area contributed by atoms with Crippen molar-refractivity contribution in [3.63, 3.8) is 0 Å². The van der Waals surface area contributed by atoms with E-state index in [-0.39, 0.29) is 0 Å². The second kappa shape index (κ2) is 6.48. The normalized spacial score (nSPS) is 22.1. The van der Waals surface area contributed by atoms with Gasteiger partial charge in [0.05, 0.1) is 6.61 Å². The summed E-state index contributed by atoms with van der Waals surface area (Å²) in [5.41, 5.74) is 0. The van der Waals surface area contributed by atoms with Crippen molar-refractivity contribution in [2.24, 2.45) is 0 Å². The zero-order valence-electron chi connectivity index (χ0n) is 8.78. The van der Waals surface area contributed by atoms with Crippen LogP contribution in [-0.4, -0.2) is 54.4 Å². The third-order valence-electron chi connectivity index (χ3n) is 2.11. The van der Waals surface area contributed by atoms with Gasteiger partial charge in [0.15, 0.2) is 5.11 Å². The van der Waals surface area contributed by atoms with Crippen molar-refractivity contribution in [3.8, 4) is 0 Å². The van der Waals surface area contributed by atoms with Crippen molar-refractivity contribution >= 4 is 29.1 Å². The molecule has 3 nitrogen and oxygen atoms in total. The Hall–Kier alpha value is 0. The molecule has 14 heavy (non-hydrogen) atoms. The van der Waals surface area contributed by atoms with Gasteiger partial charge in [-0.1, -0.05) is 6.92 Å². The highest BCUT2D eigenvalue weighted by Crippen LogP contribution is 2.17. The Morgan fingerprint density at radius 1 is 1.71 bits per heavy atom. The molecule has 0 aromatic rings. The van der Waals surface area contributed by atoms with Gasteiger partial charge >= 0.3 is 0 Å². The fraction of sp³-hybridized carbons (Fsp3) is 0.889. The Morgan fingerprint density at radius 3 is 3.14 bits per heavy atom. The SMILES string of the molecule is COCCNC(=S)N1CCSC(C)C1. The molecular weight excluding hydrogens is 216 g/mol. The number of nitrogens with one attached hydrogen (secondary N) is 1. The van der Waals surface area contributed by atoms with Gasteiger partial charge in [-0.25, -0.2) is 0 Å². The number of thioether (sulfide) groups is 1. The second-order valence-electron chi connectivity index (χ2n) is 3.35. The lowest BCUT2D eigenvalue weighted by atomic mass is 10.4. The van der Waals surface area contributed by atoms with E-state index in [0.717, 1.165) is 24.7 Å². The van der Waals surface area contributed by atoms with Crippen LogP contribution in [0.2, 0.25) is 0 Å². The molecular formula is C9H18N2OS2. The number of ether oxygens (including phenoxy) is 1. The summed E-state index contributed by atoms with van der Waals surface area (Å²) >= 11 is 7.30. The molecule has 1 aliphatic heterocycles. The van der Waals surface area contributed by atoms with Gasteiger partial charge < -0.3 is 15.0 Å². The molecule has 82 valence electrons. The van der Waals surface area contributed by atoms with Crippen LogP contribution < -0.4 is 5.32 Å². The van der Waals surface area contributed by atoms with Crippen molar-refractivity contribution < 1.29 is 4.74 Å². The van der Waals surface area contributed by atoms with E-state index in [1.807, 2.05) is 11.8 Å². The number of hydrogen-bond donors (Lipinski definition) is 1. The van der Waals surface area contributed by atoms with Crippen LogP contribution in [0.3, 0.4) is 0 Å². The molecule has 0 spiro atoms. The first-order valence-corrected chi connectivity index (χ1v) is 6.33. The molecule has 0 radical (unpaired) electrons. The van der Waals surface area contributed by atoms with Crippen molar-refractivity contribution in [1.82, 2.24) is 10.2 Å². The van der Waals surface area contributed by atoms with Crippen LogP contribution in [-0.2, 0) is 4.74 Å². The lowest BCUT2D eigenvalue weighted by molar-refractivity contribution is 0.203. The van der Waals surface area contributed by atoms with Crippen molar-refractivity contribution in [1.29, 1.82) is 0 Å². The average Bonchev–Trinajstić information content (AvgIpc) is 2.18. The fourth-order valence-corrected chi connectivity index (χ4v) is 2.66. The molecule has 1 fully saturated rings.